The van der Waals surface area contributed by atoms with Crippen molar-refractivity contribution in [3.63, 3.8) is 0 Å². The van der Waals surface area contributed by atoms with Crippen molar-refractivity contribution < 1.29 is 30.2 Å². The Balaban J connectivity index is -0.00000242. The van der Waals surface area contributed by atoms with Crippen LogP contribution in [0.2, 0.25) is 6.04 Å². The summed E-state index contributed by atoms with van der Waals surface area (Å²) in [6.45, 7) is 12.1. The largest absolute Gasteiger partial charge is 1.00 e. The van der Waals surface area contributed by atoms with Crippen LogP contribution < -0.4 is 12.4 Å². The molecule has 0 aromatic rings. The van der Waals surface area contributed by atoms with Crippen LogP contribution >= 0.6 is 0 Å². The zero-order valence-electron chi connectivity index (χ0n) is 17.0. The lowest BCUT2D eigenvalue weighted by Gasteiger charge is -2.40. The van der Waals surface area contributed by atoms with E-state index in [9.17, 15) is 0 Å². The lowest BCUT2D eigenvalue weighted by molar-refractivity contribution is -0.928. The number of rotatable bonds is 16. The molecule has 0 amide bonds. The Morgan fingerprint density at radius 1 is 0.640 bits per heavy atom. The molecular weight excluding hydrogens is 370 g/mol. The summed E-state index contributed by atoms with van der Waals surface area (Å²) in [5.74, 6) is 0. The standard InChI is InChI=1S/C18H42NO3Si.ClH.H4Si/c1-7-10-14-19(15-11-8-2,16-12-9-3)17-13-18-23(20-4,21-5)22-6;;/h7-18H2,1-6H3;1H;1H4/q+1;;/p-1. The summed E-state index contributed by atoms with van der Waals surface area (Å²) in [5, 5.41) is 0. The highest BCUT2D eigenvalue weighted by Crippen LogP contribution is 2.20. The van der Waals surface area contributed by atoms with Gasteiger partial charge in [0.25, 0.3) is 0 Å². The van der Waals surface area contributed by atoms with Gasteiger partial charge < -0.3 is 30.2 Å². The molecule has 0 bridgehead atoms. The van der Waals surface area contributed by atoms with Gasteiger partial charge in [-0.1, -0.05) is 40.0 Å². The first kappa shape index (κ1) is 30.3. The van der Waals surface area contributed by atoms with E-state index in [2.05, 4.69) is 20.8 Å². The van der Waals surface area contributed by atoms with Crippen LogP contribution in [0.15, 0.2) is 0 Å². The highest BCUT2D eigenvalue weighted by atomic mass is 35.5. The molecule has 7 heteroatoms. The number of hydrogen-bond acceptors (Lipinski definition) is 3. The molecule has 0 N–H and O–H groups in total. The quantitative estimate of drug-likeness (QED) is 0.263. The number of nitrogens with zero attached hydrogens (tertiary/aromatic N) is 1. The van der Waals surface area contributed by atoms with Gasteiger partial charge >= 0.3 is 8.80 Å². The fourth-order valence-corrected chi connectivity index (χ4v) is 5.04. The van der Waals surface area contributed by atoms with Gasteiger partial charge in [0.2, 0.25) is 0 Å². The molecule has 0 spiro atoms. The first-order chi connectivity index (χ1) is 11.1. The summed E-state index contributed by atoms with van der Waals surface area (Å²) in [6.07, 6.45) is 8.96. The van der Waals surface area contributed by atoms with E-state index in [0.29, 0.717) is 0 Å². The zero-order valence-corrected chi connectivity index (χ0v) is 18.8. The van der Waals surface area contributed by atoms with Crippen LogP contribution in [0.4, 0.5) is 0 Å². The Morgan fingerprint density at radius 2 is 0.960 bits per heavy atom. The van der Waals surface area contributed by atoms with Crippen molar-refractivity contribution in [3.05, 3.63) is 0 Å². The average molecular weight is 416 g/mol. The van der Waals surface area contributed by atoms with E-state index in [4.69, 9.17) is 13.3 Å². The number of quaternary nitrogens is 1. The van der Waals surface area contributed by atoms with E-state index in [1.54, 1.807) is 21.3 Å². The highest BCUT2D eigenvalue weighted by Gasteiger charge is 2.38. The van der Waals surface area contributed by atoms with Crippen LogP contribution in [0.25, 0.3) is 0 Å². The van der Waals surface area contributed by atoms with E-state index in [-0.39, 0.29) is 23.4 Å². The van der Waals surface area contributed by atoms with E-state index >= 15 is 0 Å². The molecule has 156 valence electrons. The van der Waals surface area contributed by atoms with Crippen molar-refractivity contribution >= 4 is 19.8 Å². The van der Waals surface area contributed by atoms with Gasteiger partial charge in [0.15, 0.2) is 0 Å². The van der Waals surface area contributed by atoms with Crippen molar-refractivity contribution in [2.24, 2.45) is 0 Å². The van der Waals surface area contributed by atoms with E-state index < -0.39 is 8.80 Å². The molecule has 0 atom stereocenters. The van der Waals surface area contributed by atoms with Crippen molar-refractivity contribution in [2.75, 3.05) is 47.5 Å². The minimum absolute atomic E-state index is 0. The molecule has 0 unspecified atom stereocenters. The lowest BCUT2D eigenvalue weighted by atomic mass is 10.1. The first-order valence-electron chi connectivity index (χ1n) is 9.58. The van der Waals surface area contributed by atoms with Gasteiger partial charge in [-0.2, -0.15) is 0 Å². The molecule has 0 aromatic carbocycles. The summed E-state index contributed by atoms with van der Waals surface area (Å²) in [6, 6.07) is 0.918. The molecule has 4 nitrogen and oxygen atoms in total. The molecule has 0 aliphatic rings. The third kappa shape index (κ3) is 11.8. The first-order valence-corrected chi connectivity index (χ1v) is 11.5. The summed E-state index contributed by atoms with van der Waals surface area (Å²) in [7, 11) is 2.72. The minimum atomic E-state index is -2.42. The molecule has 0 saturated heterocycles. The molecule has 0 aliphatic carbocycles. The Morgan fingerprint density at radius 3 is 1.24 bits per heavy atom. The average Bonchev–Trinajstić information content (AvgIpc) is 2.60. The molecule has 25 heavy (non-hydrogen) atoms. The SMILES string of the molecule is CCCC[N+](CCCC)(CCCC)CCC[Si](OC)(OC)OC.[Cl-].[SiH4]. The summed E-state index contributed by atoms with van der Waals surface area (Å²) < 4.78 is 18.0. The Kier molecular flexibility index (Phi) is 21.8. The molecule has 0 rings (SSSR count). The van der Waals surface area contributed by atoms with Crippen molar-refractivity contribution in [3.8, 4) is 0 Å². The van der Waals surface area contributed by atoms with Crippen LogP contribution in [0, 0.1) is 0 Å². The summed E-state index contributed by atoms with van der Waals surface area (Å²) in [5.41, 5.74) is 0. The molecule has 0 fully saturated rings. The fourth-order valence-electron chi connectivity index (χ4n) is 3.34. The van der Waals surface area contributed by atoms with Crippen LogP contribution in [-0.4, -0.2) is 71.8 Å². The third-order valence-electron chi connectivity index (χ3n) is 5.01. The molecular formula is C18H46ClNO3Si2. The number of unbranched alkanes of at least 4 members (excludes halogenated alkanes) is 3. The monoisotopic (exact) mass is 415 g/mol. The van der Waals surface area contributed by atoms with Gasteiger partial charge in [0.1, 0.15) is 0 Å². The predicted molar refractivity (Wildman–Crippen MR) is 112 cm³/mol. The van der Waals surface area contributed by atoms with Gasteiger partial charge in [-0.15, -0.1) is 0 Å². The second-order valence-corrected chi connectivity index (χ2v) is 9.79. The Hall–Kier alpha value is 0.564. The molecule has 0 aliphatic heterocycles. The molecule has 0 heterocycles. The predicted octanol–water partition coefficient (Wildman–Crippen LogP) is 0.0241. The van der Waals surface area contributed by atoms with E-state index in [1.807, 2.05) is 0 Å². The number of halogens is 1. The highest BCUT2D eigenvalue weighted by molar-refractivity contribution is 6.60. The molecule has 0 aromatic heterocycles. The molecule has 0 saturated carbocycles. The van der Waals surface area contributed by atoms with Gasteiger partial charge in [-0.25, -0.2) is 0 Å². The zero-order chi connectivity index (χ0) is 17.6. The van der Waals surface area contributed by atoms with E-state index in [1.165, 1.54) is 69.2 Å². The summed E-state index contributed by atoms with van der Waals surface area (Å²) in [4.78, 5) is 0. The van der Waals surface area contributed by atoms with Crippen molar-refractivity contribution in [1.29, 1.82) is 0 Å². The maximum absolute atomic E-state index is 5.58. The maximum atomic E-state index is 5.58. The smallest absolute Gasteiger partial charge is 0.500 e. The van der Waals surface area contributed by atoms with Gasteiger partial charge in [0.05, 0.1) is 26.2 Å². The van der Waals surface area contributed by atoms with Gasteiger partial charge in [-0.05, 0) is 30.2 Å². The third-order valence-corrected chi connectivity index (χ3v) is 7.84. The normalized spacial score (nSPS) is 11.8. The van der Waals surface area contributed by atoms with Gasteiger partial charge in [0, 0.05) is 33.8 Å². The second kappa shape index (κ2) is 18.0. The van der Waals surface area contributed by atoms with Crippen LogP contribution in [0.5, 0.6) is 0 Å². The number of hydrogen-bond donors (Lipinski definition) is 0. The topological polar surface area (TPSA) is 27.7 Å². The van der Waals surface area contributed by atoms with E-state index in [0.717, 1.165) is 12.5 Å². The van der Waals surface area contributed by atoms with Crippen LogP contribution in [0.1, 0.15) is 65.7 Å². The lowest BCUT2D eigenvalue weighted by Crippen LogP contribution is -3.00. The Labute approximate surface area is 169 Å². The van der Waals surface area contributed by atoms with Gasteiger partial charge in [-0.3, -0.25) is 0 Å². The fraction of sp³-hybridized carbons (Fsp3) is 1.00. The van der Waals surface area contributed by atoms with Crippen molar-refractivity contribution in [1.82, 2.24) is 0 Å². The maximum Gasteiger partial charge on any atom is 0.500 e. The summed E-state index contributed by atoms with van der Waals surface area (Å²) >= 11 is 0. The van der Waals surface area contributed by atoms with Crippen LogP contribution in [0.3, 0.4) is 0 Å². The van der Waals surface area contributed by atoms with Crippen LogP contribution in [-0.2, 0) is 13.3 Å². The van der Waals surface area contributed by atoms with Crippen molar-refractivity contribution in [2.45, 2.75) is 71.8 Å². The molecule has 0 radical (unpaired) electrons. The second-order valence-electron chi connectivity index (χ2n) is 6.70. The Bertz CT molecular complexity index is 253. The minimum Gasteiger partial charge on any atom is -1.00 e.